The number of hydrogen-bond donors (Lipinski definition) is 6. The van der Waals surface area contributed by atoms with Crippen LogP contribution in [0, 0.1) is 5.92 Å². The van der Waals surface area contributed by atoms with Crippen LogP contribution >= 0.6 is 0 Å². The zero-order valence-corrected chi connectivity index (χ0v) is 16.9. The highest BCUT2D eigenvalue weighted by atomic mass is 32.2. The topological polar surface area (TPSA) is 208 Å². The minimum Gasteiger partial charge on any atom is -0.480 e. The first kappa shape index (κ1) is 24.0. The first-order valence-corrected chi connectivity index (χ1v) is 10.9. The molecule has 2 fully saturated rings. The van der Waals surface area contributed by atoms with Crippen LogP contribution in [0.25, 0.3) is 0 Å². The number of hydrogen-bond acceptors (Lipinski definition) is 8. The lowest BCUT2D eigenvalue weighted by atomic mass is 9.78. The van der Waals surface area contributed by atoms with Crippen LogP contribution in [0.15, 0.2) is 0 Å². The molecule has 0 aromatic carbocycles. The highest BCUT2D eigenvalue weighted by molar-refractivity contribution is 7.86. The van der Waals surface area contributed by atoms with Gasteiger partial charge < -0.3 is 31.7 Å². The predicted octanol–water partition coefficient (Wildman–Crippen LogP) is -2.54. The van der Waals surface area contributed by atoms with Gasteiger partial charge in [0.15, 0.2) is 0 Å². The molecule has 12 nitrogen and oxygen atoms in total. The van der Waals surface area contributed by atoms with Crippen molar-refractivity contribution in [1.82, 2.24) is 8.61 Å². The molecule has 0 radical (unpaired) electrons. The van der Waals surface area contributed by atoms with E-state index in [-0.39, 0.29) is 31.7 Å². The average molecular weight is 436 g/mol. The van der Waals surface area contributed by atoms with Gasteiger partial charge in [-0.25, -0.2) is 0 Å². The summed E-state index contributed by atoms with van der Waals surface area (Å²) in [7, 11) is -5.73. The van der Waals surface area contributed by atoms with Crippen molar-refractivity contribution < 1.29 is 38.3 Å². The Bertz CT molecular complexity index is 719. The van der Waals surface area contributed by atoms with Crippen LogP contribution < -0.4 is 11.5 Å². The second-order valence-electron chi connectivity index (χ2n) is 7.85. The molecule has 3 atom stereocenters. The molecule has 1 unspecified atom stereocenters. The molecule has 1 aliphatic heterocycles. The van der Waals surface area contributed by atoms with Gasteiger partial charge in [0.1, 0.15) is 11.6 Å². The van der Waals surface area contributed by atoms with Gasteiger partial charge in [0.2, 0.25) is 0 Å². The minimum atomic E-state index is -4.19. The van der Waals surface area contributed by atoms with E-state index in [0.717, 1.165) is 15.0 Å². The van der Waals surface area contributed by atoms with Gasteiger partial charge in [0, 0.05) is 31.6 Å². The predicted molar refractivity (Wildman–Crippen MR) is 103 cm³/mol. The summed E-state index contributed by atoms with van der Waals surface area (Å²) < 4.78 is 28.5. The molecular weight excluding hydrogens is 407 g/mol. The standard InChI is InChI=1S/C15H29BN4O8S/c17-12(13(21)22)8-20(11-4-1-5-11)29(27,28)19-7-10(3-2-6-16(25)26)15(18,9-19)14(23)24/h10-12,25-26H,1-9,17-18H2,(H,21,22)(H,23,24)/t10-,12?,15-/m0/s1. The second-order valence-corrected chi connectivity index (χ2v) is 9.73. The first-order chi connectivity index (χ1) is 13.4. The third-order valence-corrected chi connectivity index (χ3v) is 7.77. The Hall–Kier alpha value is -1.29. The first-order valence-electron chi connectivity index (χ1n) is 9.53. The zero-order valence-electron chi connectivity index (χ0n) is 16.1. The SMILES string of the molecule is NC(CN(C1CCC1)S(=O)(=O)N1C[C@H](CCCB(O)O)[C@](N)(C(=O)O)C1)C(=O)O. The Morgan fingerprint density at radius 2 is 1.90 bits per heavy atom. The average Bonchev–Trinajstić information content (AvgIpc) is 2.91. The van der Waals surface area contributed by atoms with Crippen LogP contribution in [-0.4, -0.2) is 93.6 Å². The highest BCUT2D eigenvalue weighted by Crippen LogP contribution is 2.35. The third-order valence-electron chi connectivity index (χ3n) is 5.80. The molecule has 1 saturated carbocycles. The zero-order chi connectivity index (χ0) is 22.0. The molecule has 8 N–H and O–H groups in total. The number of aliphatic carboxylic acids is 2. The lowest BCUT2D eigenvalue weighted by Crippen LogP contribution is -2.57. The van der Waals surface area contributed by atoms with Gasteiger partial charge >= 0.3 is 19.1 Å². The van der Waals surface area contributed by atoms with Crippen molar-refractivity contribution in [2.75, 3.05) is 19.6 Å². The molecule has 166 valence electrons. The molecule has 0 amide bonds. The van der Waals surface area contributed by atoms with Crippen molar-refractivity contribution in [2.24, 2.45) is 17.4 Å². The van der Waals surface area contributed by atoms with Crippen LogP contribution in [0.1, 0.15) is 32.1 Å². The van der Waals surface area contributed by atoms with E-state index in [1.54, 1.807) is 0 Å². The second kappa shape index (κ2) is 9.24. The number of carboxylic acids is 2. The fraction of sp³-hybridized carbons (Fsp3) is 0.867. The maximum atomic E-state index is 13.2. The number of carbonyl (C=O) groups is 2. The summed E-state index contributed by atoms with van der Waals surface area (Å²) in [6, 6.07) is -1.79. The Morgan fingerprint density at radius 3 is 2.34 bits per heavy atom. The Labute approximate surface area is 169 Å². The summed E-state index contributed by atoms with van der Waals surface area (Å²) in [5.41, 5.74) is 9.79. The van der Waals surface area contributed by atoms with E-state index in [4.69, 9.17) is 26.6 Å². The summed E-state index contributed by atoms with van der Waals surface area (Å²) in [6.45, 7) is -1.02. The molecule has 2 aliphatic rings. The van der Waals surface area contributed by atoms with E-state index >= 15 is 0 Å². The van der Waals surface area contributed by atoms with E-state index in [0.29, 0.717) is 12.8 Å². The third kappa shape index (κ3) is 5.26. The summed E-state index contributed by atoms with van der Waals surface area (Å²) in [5, 5.41) is 36.6. The molecule has 0 spiro atoms. The van der Waals surface area contributed by atoms with Crippen molar-refractivity contribution in [3.8, 4) is 0 Å². The Balaban J connectivity index is 2.22. The Kier molecular flexibility index (Phi) is 7.65. The number of nitrogens with two attached hydrogens (primary N) is 2. The molecule has 1 heterocycles. The monoisotopic (exact) mass is 436 g/mol. The molecule has 0 aromatic rings. The van der Waals surface area contributed by atoms with Gasteiger partial charge in [-0.05, 0) is 25.6 Å². The lowest BCUT2D eigenvalue weighted by molar-refractivity contribution is -0.144. The van der Waals surface area contributed by atoms with Gasteiger partial charge in [-0.15, -0.1) is 0 Å². The van der Waals surface area contributed by atoms with Gasteiger partial charge in [0.25, 0.3) is 10.2 Å². The molecular formula is C15H29BN4O8S. The van der Waals surface area contributed by atoms with Gasteiger partial charge in [-0.3, -0.25) is 9.59 Å². The van der Waals surface area contributed by atoms with Crippen molar-refractivity contribution in [1.29, 1.82) is 0 Å². The van der Waals surface area contributed by atoms with Crippen LogP contribution in [0.3, 0.4) is 0 Å². The smallest absolute Gasteiger partial charge is 0.451 e. The molecule has 29 heavy (non-hydrogen) atoms. The number of nitrogens with zero attached hydrogens (tertiary/aromatic N) is 2. The molecule has 2 rings (SSSR count). The molecule has 1 aliphatic carbocycles. The van der Waals surface area contributed by atoms with Crippen molar-refractivity contribution in [3.63, 3.8) is 0 Å². The maximum absolute atomic E-state index is 13.2. The normalized spacial score (nSPS) is 27.0. The van der Waals surface area contributed by atoms with E-state index in [1.165, 1.54) is 0 Å². The fourth-order valence-electron chi connectivity index (χ4n) is 3.73. The summed E-state index contributed by atoms with van der Waals surface area (Å²) >= 11 is 0. The van der Waals surface area contributed by atoms with Crippen molar-refractivity contribution in [2.45, 2.75) is 56.0 Å². The fourth-order valence-corrected chi connectivity index (χ4v) is 5.71. The van der Waals surface area contributed by atoms with E-state index in [9.17, 15) is 23.1 Å². The number of rotatable bonds is 11. The van der Waals surface area contributed by atoms with Crippen molar-refractivity contribution >= 4 is 29.3 Å². The Morgan fingerprint density at radius 1 is 1.28 bits per heavy atom. The van der Waals surface area contributed by atoms with Gasteiger partial charge in [0.05, 0.1) is 0 Å². The molecule has 0 aromatic heterocycles. The van der Waals surface area contributed by atoms with Gasteiger partial charge in [-0.2, -0.15) is 17.0 Å². The largest absolute Gasteiger partial charge is 0.480 e. The highest BCUT2D eigenvalue weighted by Gasteiger charge is 2.54. The van der Waals surface area contributed by atoms with Crippen LogP contribution in [-0.2, 0) is 19.8 Å². The molecule has 14 heteroatoms. The van der Waals surface area contributed by atoms with Crippen LogP contribution in [0.2, 0.25) is 6.32 Å². The van der Waals surface area contributed by atoms with Crippen molar-refractivity contribution in [3.05, 3.63) is 0 Å². The van der Waals surface area contributed by atoms with E-state index in [1.807, 2.05) is 0 Å². The molecule has 0 bridgehead atoms. The van der Waals surface area contributed by atoms with E-state index in [2.05, 4.69) is 0 Å². The summed E-state index contributed by atoms with van der Waals surface area (Å²) in [5.74, 6) is -3.41. The van der Waals surface area contributed by atoms with E-state index < -0.39 is 59.9 Å². The lowest BCUT2D eigenvalue weighted by Gasteiger charge is -2.39. The minimum absolute atomic E-state index is 0.0145. The maximum Gasteiger partial charge on any atom is 0.451 e. The summed E-state index contributed by atoms with van der Waals surface area (Å²) in [4.78, 5) is 22.9. The molecule has 1 saturated heterocycles. The van der Waals surface area contributed by atoms with Gasteiger partial charge in [-0.1, -0.05) is 12.8 Å². The quantitative estimate of drug-likeness (QED) is 0.187. The van der Waals surface area contributed by atoms with Crippen LogP contribution in [0.5, 0.6) is 0 Å². The van der Waals surface area contributed by atoms with Crippen LogP contribution in [0.4, 0.5) is 0 Å². The number of carboxylic acid groups (broad SMARTS) is 2. The summed E-state index contributed by atoms with van der Waals surface area (Å²) in [6.07, 6.45) is 2.43.